The summed E-state index contributed by atoms with van der Waals surface area (Å²) in [6.07, 6.45) is 0. The highest BCUT2D eigenvalue weighted by Crippen LogP contribution is 2.46. The van der Waals surface area contributed by atoms with E-state index in [0.29, 0.717) is 5.82 Å². The summed E-state index contributed by atoms with van der Waals surface area (Å²) in [6.45, 7) is 0. The van der Waals surface area contributed by atoms with Crippen LogP contribution >= 0.6 is 11.3 Å². The number of hydrogen-bond acceptors (Lipinski definition) is 4. The summed E-state index contributed by atoms with van der Waals surface area (Å²) in [7, 11) is 0. The molecule has 9 aromatic carbocycles. The highest BCUT2D eigenvalue weighted by atomic mass is 32.1. The van der Waals surface area contributed by atoms with Gasteiger partial charge in [-0.2, -0.15) is 0 Å². The lowest BCUT2D eigenvalue weighted by atomic mass is 9.95. The van der Waals surface area contributed by atoms with E-state index in [1.807, 2.05) is 0 Å². The molecule has 0 bridgehead atoms. The molecular formula is C54H31N3OS. The SMILES string of the molecule is c1ccc(-c2cc3c(c4ccccc24)c2ccccc2n3-c2cccc3c2oc2cccc(-c4nc(-c5ccc6ccccc6c5)c5sc6ccccc6c5n4)c23)cc1. The van der Waals surface area contributed by atoms with Crippen molar-refractivity contribution in [1.82, 2.24) is 14.5 Å². The van der Waals surface area contributed by atoms with Crippen molar-refractivity contribution in [3.8, 4) is 39.5 Å². The van der Waals surface area contributed by atoms with Crippen LogP contribution in [0.3, 0.4) is 0 Å². The summed E-state index contributed by atoms with van der Waals surface area (Å²) in [5, 5.41) is 10.5. The number of para-hydroxylation sites is 2. The Bertz CT molecular complexity index is 3860. The maximum absolute atomic E-state index is 7.00. The molecule has 4 nitrogen and oxygen atoms in total. The van der Waals surface area contributed by atoms with E-state index in [2.05, 4.69) is 193 Å². The van der Waals surface area contributed by atoms with Crippen molar-refractivity contribution >= 4 is 96.9 Å². The third-order valence-electron chi connectivity index (χ3n) is 12.0. The monoisotopic (exact) mass is 769 g/mol. The van der Waals surface area contributed by atoms with Crippen molar-refractivity contribution < 1.29 is 4.42 Å². The van der Waals surface area contributed by atoms with Gasteiger partial charge in [0.25, 0.3) is 0 Å². The van der Waals surface area contributed by atoms with Crippen LogP contribution in [-0.4, -0.2) is 14.5 Å². The molecule has 4 heterocycles. The second-order valence-electron chi connectivity index (χ2n) is 15.3. The number of benzene rings is 9. The van der Waals surface area contributed by atoms with Gasteiger partial charge in [-0.25, -0.2) is 9.97 Å². The molecule has 0 radical (unpaired) electrons. The Balaban J connectivity index is 1.09. The predicted octanol–water partition coefficient (Wildman–Crippen LogP) is 15.1. The molecule has 0 unspecified atom stereocenters. The van der Waals surface area contributed by atoms with E-state index in [9.17, 15) is 0 Å². The van der Waals surface area contributed by atoms with E-state index in [1.165, 1.54) is 48.1 Å². The van der Waals surface area contributed by atoms with Crippen LogP contribution in [0, 0.1) is 0 Å². The molecule has 0 saturated carbocycles. The Hall–Kier alpha value is -7.60. The minimum atomic E-state index is 0.679. The lowest BCUT2D eigenvalue weighted by Gasteiger charge is -2.12. The summed E-state index contributed by atoms with van der Waals surface area (Å²) in [4.78, 5) is 10.8. The summed E-state index contributed by atoms with van der Waals surface area (Å²) in [5.74, 6) is 0.679. The maximum Gasteiger partial charge on any atom is 0.161 e. The molecule has 13 rings (SSSR count). The minimum absolute atomic E-state index is 0.679. The van der Waals surface area contributed by atoms with Crippen molar-refractivity contribution in [2.45, 2.75) is 0 Å². The summed E-state index contributed by atoms with van der Waals surface area (Å²) >= 11 is 1.76. The molecule has 0 spiro atoms. The quantitative estimate of drug-likeness (QED) is 0.179. The van der Waals surface area contributed by atoms with Gasteiger partial charge >= 0.3 is 0 Å². The Morgan fingerprint density at radius 3 is 2.08 bits per heavy atom. The second-order valence-corrected chi connectivity index (χ2v) is 16.3. The first-order valence-electron chi connectivity index (χ1n) is 19.9. The van der Waals surface area contributed by atoms with Crippen molar-refractivity contribution in [2.24, 2.45) is 0 Å². The van der Waals surface area contributed by atoms with Gasteiger partial charge in [-0.05, 0) is 69.1 Å². The fourth-order valence-corrected chi connectivity index (χ4v) is 10.5. The number of nitrogens with zero attached hydrogens (tertiary/aromatic N) is 3. The van der Waals surface area contributed by atoms with Crippen LogP contribution in [-0.2, 0) is 0 Å². The zero-order chi connectivity index (χ0) is 38.6. The van der Waals surface area contributed by atoms with Gasteiger partial charge in [0.2, 0.25) is 0 Å². The average molecular weight is 770 g/mol. The molecule has 0 aliphatic carbocycles. The standard InChI is InChI=1S/C54H31N3OS/c1-2-15-33(16-3-1)42-31-45-48(37-19-7-6-18-36(37)42)38-20-8-10-24-43(38)57(45)44-25-12-22-40-49-41(23-13-26-46(49)58-52(40)44)54-55-50(35-29-28-32-14-4-5-17-34(32)30-35)53-51(56-54)39-21-9-11-27-47(39)59-53/h1-31H. The molecule has 0 atom stereocenters. The van der Waals surface area contributed by atoms with Gasteiger partial charge in [-0.15, -0.1) is 11.3 Å². The number of furan rings is 1. The van der Waals surface area contributed by atoms with Crippen LogP contribution in [0.15, 0.2) is 192 Å². The lowest BCUT2D eigenvalue weighted by Crippen LogP contribution is -1.95. The van der Waals surface area contributed by atoms with Crippen molar-refractivity contribution in [1.29, 1.82) is 0 Å². The van der Waals surface area contributed by atoms with Gasteiger partial charge in [0.15, 0.2) is 11.4 Å². The number of rotatable bonds is 4. The van der Waals surface area contributed by atoms with Gasteiger partial charge in [0.1, 0.15) is 5.58 Å². The van der Waals surface area contributed by atoms with E-state index in [0.717, 1.165) is 71.1 Å². The zero-order valence-corrected chi connectivity index (χ0v) is 32.4. The maximum atomic E-state index is 7.00. The van der Waals surface area contributed by atoms with E-state index >= 15 is 0 Å². The lowest BCUT2D eigenvalue weighted by molar-refractivity contribution is 0.666. The van der Waals surface area contributed by atoms with Crippen LogP contribution < -0.4 is 0 Å². The molecule has 5 heteroatoms. The summed E-state index contributed by atoms with van der Waals surface area (Å²) < 4.78 is 11.7. The van der Waals surface area contributed by atoms with Crippen LogP contribution in [0.4, 0.5) is 0 Å². The van der Waals surface area contributed by atoms with Gasteiger partial charge in [0.05, 0.1) is 32.6 Å². The van der Waals surface area contributed by atoms with Crippen LogP contribution in [0.1, 0.15) is 0 Å². The van der Waals surface area contributed by atoms with Crippen molar-refractivity contribution in [2.75, 3.05) is 0 Å². The van der Waals surface area contributed by atoms with Crippen molar-refractivity contribution in [3.63, 3.8) is 0 Å². The molecule has 274 valence electrons. The zero-order valence-electron chi connectivity index (χ0n) is 31.6. The largest absolute Gasteiger partial charge is 0.454 e. The Labute approximate surface area is 341 Å². The molecule has 0 aliphatic rings. The van der Waals surface area contributed by atoms with Gasteiger partial charge < -0.3 is 8.98 Å². The van der Waals surface area contributed by atoms with E-state index in [4.69, 9.17) is 14.4 Å². The Morgan fingerprint density at radius 1 is 0.458 bits per heavy atom. The Kier molecular flexibility index (Phi) is 6.85. The first-order valence-corrected chi connectivity index (χ1v) is 20.7. The van der Waals surface area contributed by atoms with E-state index < -0.39 is 0 Å². The molecule has 0 amide bonds. The third kappa shape index (κ3) is 4.77. The number of aromatic nitrogens is 3. The number of fused-ring (bicyclic) bond motifs is 12. The predicted molar refractivity (Wildman–Crippen MR) is 248 cm³/mol. The summed E-state index contributed by atoms with van der Waals surface area (Å²) in [5.41, 5.74) is 11.2. The first kappa shape index (κ1) is 32.5. The second kappa shape index (κ2) is 12.4. The topological polar surface area (TPSA) is 43.9 Å². The highest BCUT2D eigenvalue weighted by molar-refractivity contribution is 7.26. The molecular weight excluding hydrogens is 739 g/mol. The van der Waals surface area contributed by atoms with Gasteiger partial charge in [-0.3, -0.25) is 0 Å². The van der Waals surface area contributed by atoms with Crippen LogP contribution in [0.25, 0.3) is 125 Å². The molecule has 59 heavy (non-hydrogen) atoms. The molecule has 0 aliphatic heterocycles. The van der Waals surface area contributed by atoms with Gasteiger partial charge in [-0.1, -0.05) is 152 Å². The first-order chi connectivity index (χ1) is 29.3. The number of thiophene rings is 1. The fourth-order valence-electron chi connectivity index (χ4n) is 9.38. The highest BCUT2D eigenvalue weighted by Gasteiger charge is 2.24. The number of hydrogen-bond donors (Lipinski definition) is 0. The third-order valence-corrected chi connectivity index (χ3v) is 13.2. The molecule has 0 saturated heterocycles. The normalized spacial score (nSPS) is 12.1. The Morgan fingerprint density at radius 2 is 1.19 bits per heavy atom. The van der Waals surface area contributed by atoms with E-state index in [-0.39, 0.29) is 0 Å². The van der Waals surface area contributed by atoms with Gasteiger partial charge in [0, 0.05) is 42.8 Å². The minimum Gasteiger partial charge on any atom is -0.454 e. The van der Waals surface area contributed by atoms with Crippen molar-refractivity contribution in [3.05, 3.63) is 188 Å². The van der Waals surface area contributed by atoms with Crippen LogP contribution in [0.5, 0.6) is 0 Å². The fraction of sp³-hybridized carbons (Fsp3) is 0. The summed E-state index contributed by atoms with van der Waals surface area (Å²) in [6, 6.07) is 67.1. The van der Waals surface area contributed by atoms with E-state index in [1.54, 1.807) is 11.3 Å². The molecule has 0 N–H and O–H groups in total. The molecule has 0 fully saturated rings. The smallest absolute Gasteiger partial charge is 0.161 e. The average Bonchev–Trinajstić information content (AvgIpc) is 3.98. The van der Waals surface area contributed by atoms with Crippen LogP contribution in [0.2, 0.25) is 0 Å². The molecule has 4 aromatic heterocycles. The molecule has 13 aromatic rings.